The molecule has 0 aromatic heterocycles. The number of allylic oxidation sites excluding steroid dienone is 17. The van der Waals surface area contributed by atoms with E-state index in [0.29, 0.717) is 17.4 Å². The minimum absolute atomic E-state index is 0.0511. The van der Waals surface area contributed by atoms with Crippen molar-refractivity contribution >= 4 is 13.7 Å². The predicted molar refractivity (Wildman–Crippen MR) is 332 cm³/mol. The Morgan fingerprint density at radius 1 is 0.461 bits per heavy atom. The number of rotatable bonds is 56. The van der Waals surface area contributed by atoms with Gasteiger partial charge < -0.3 is 19.8 Å². The molecule has 0 aromatic carbocycles. The lowest BCUT2D eigenvalue weighted by atomic mass is 10.0. The summed E-state index contributed by atoms with van der Waals surface area (Å²) < 4.78 is 23.7. The first-order valence-corrected chi connectivity index (χ1v) is 32.8. The van der Waals surface area contributed by atoms with Crippen molar-refractivity contribution in [2.24, 2.45) is 0 Å². The minimum atomic E-state index is -4.37. The summed E-state index contributed by atoms with van der Waals surface area (Å²) >= 11 is 0. The second-order valence-corrected chi connectivity index (χ2v) is 23.5. The molecule has 9 heteroatoms. The van der Waals surface area contributed by atoms with Gasteiger partial charge >= 0.3 is 7.82 Å². The Hall–Kier alpha value is -2.84. The van der Waals surface area contributed by atoms with E-state index in [1.807, 2.05) is 27.2 Å². The zero-order valence-electron chi connectivity index (χ0n) is 50.0. The molecule has 0 aliphatic rings. The number of quaternary nitrogens is 1. The molecule has 0 bridgehead atoms. The highest BCUT2D eigenvalue weighted by Gasteiger charge is 2.27. The van der Waals surface area contributed by atoms with Gasteiger partial charge in [-0.3, -0.25) is 13.8 Å². The van der Waals surface area contributed by atoms with Gasteiger partial charge in [-0.2, -0.15) is 0 Å². The van der Waals surface area contributed by atoms with Crippen molar-refractivity contribution < 1.29 is 32.9 Å². The van der Waals surface area contributed by atoms with E-state index in [1.165, 1.54) is 154 Å². The third kappa shape index (κ3) is 58.8. The molecular formula is C67H120N2O6P+. The van der Waals surface area contributed by atoms with Crippen molar-refractivity contribution in [3.05, 3.63) is 109 Å². The van der Waals surface area contributed by atoms with Crippen LogP contribution < -0.4 is 5.32 Å². The van der Waals surface area contributed by atoms with Crippen LogP contribution in [0.5, 0.6) is 0 Å². The minimum Gasteiger partial charge on any atom is -0.387 e. The van der Waals surface area contributed by atoms with Gasteiger partial charge in [-0.25, -0.2) is 4.57 Å². The van der Waals surface area contributed by atoms with Gasteiger partial charge in [-0.1, -0.05) is 271 Å². The first kappa shape index (κ1) is 73.2. The van der Waals surface area contributed by atoms with Gasteiger partial charge in [-0.15, -0.1) is 0 Å². The lowest BCUT2D eigenvalue weighted by molar-refractivity contribution is -0.870. The Morgan fingerprint density at radius 3 is 1.21 bits per heavy atom. The van der Waals surface area contributed by atoms with Crippen molar-refractivity contribution in [2.45, 2.75) is 270 Å². The number of hydrogen-bond donors (Lipinski definition) is 3. The van der Waals surface area contributed by atoms with Crippen LogP contribution in [-0.2, 0) is 18.4 Å². The van der Waals surface area contributed by atoms with Crippen molar-refractivity contribution in [3.8, 4) is 0 Å². The molecule has 0 aliphatic carbocycles. The number of phosphoric acid groups is 1. The predicted octanol–water partition coefficient (Wildman–Crippen LogP) is 19.5. The molecule has 0 aromatic rings. The zero-order valence-corrected chi connectivity index (χ0v) is 50.9. The Balaban J connectivity index is 4.20. The number of carbonyl (C=O) groups is 1. The molecule has 0 saturated heterocycles. The van der Waals surface area contributed by atoms with Crippen molar-refractivity contribution in [3.63, 3.8) is 0 Å². The molecule has 0 fully saturated rings. The number of likely N-dealkylation sites (N-methyl/N-ethyl adjacent to an activating group) is 1. The van der Waals surface area contributed by atoms with Crippen LogP contribution in [0.3, 0.4) is 0 Å². The van der Waals surface area contributed by atoms with E-state index in [0.717, 1.165) is 83.5 Å². The van der Waals surface area contributed by atoms with E-state index in [-0.39, 0.29) is 19.1 Å². The first-order valence-electron chi connectivity index (χ1n) is 31.3. The topological polar surface area (TPSA) is 105 Å². The Kier molecular flexibility index (Phi) is 54.7. The lowest BCUT2D eigenvalue weighted by Gasteiger charge is -2.25. The van der Waals surface area contributed by atoms with Crippen molar-refractivity contribution in [1.29, 1.82) is 0 Å². The number of hydrogen-bond acceptors (Lipinski definition) is 5. The summed E-state index contributed by atoms with van der Waals surface area (Å²) in [7, 11) is 1.54. The van der Waals surface area contributed by atoms with Gasteiger partial charge in [0.15, 0.2) is 0 Å². The standard InChI is InChI=1S/C67H119N2O6P/c1-6-8-10-12-14-16-18-20-22-24-26-28-29-30-31-32-33-34-35-36-37-38-39-41-43-45-47-49-51-53-55-57-59-61-67(71)68-65(64-75-76(72,73)74-63-62-69(3,4)5)66(70)60-58-56-54-52-50-48-46-44-42-40-27-25-23-21-19-17-15-13-11-9-7-2/h8,10,14,16,20,22,26,28,30-31,33-34,36-37,50,52,58,60,65-66,70H,6-7,9,11-13,15,17-19,21,23-25,27,29,32,35,38-49,51,53-57,59,61-64H2,1-5H3,(H-,68,71,72,73)/p+1/b10-8-,16-14-,22-20-,28-26-,31-30-,34-33-,37-36-,52-50+,60-58+. The molecule has 1 amide bonds. The number of nitrogens with one attached hydrogen (secondary N) is 1. The maximum atomic E-state index is 13.0. The van der Waals surface area contributed by atoms with E-state index < -0.39 is 20.0 Å². The summed E-state index contributed by atoms with van der Waals surface area (Å²) in [5.41, 5.74) is 0. The highest BCUT2D eigenvalue weighted by Crippen LogP contribution is 2.43. The van der Waals surface area contributed by atoms with Crippen LogP contribution >= 0.6 is 7.82 Å². The number of nitrogens with zero attached hydrogens (tertiary/aromatic N) is 1. The molecule has 76 heavy (non-hydrogen) atoms. The van der Waals surface area contributed by atoms with Gasteiger partial charge in [0.2, 0.25) is 5.91 Å². The number of phosphoric ester groups is 1. The van der Waals surface area contributed by atoms with Crippen LogP contribution in [0.2, 0.25) is 0 Å². The zero-order chi connectivity index (χ0) is 55.6. The molecule has 0 aliphatic heterocycles. The summed E-state index contributed by atoms with van der Waals surface area (Å²) in [6.45, 7) is 4.69. The molecule has 0 saturated carbocycles. The molecule has 3 atom stereocenters. The number of carbonyl (C=O) groups excluding carboxylic acids is 1. The summed E-state index contributed by atoms with van der Waals surface area (Å²) in [6, 6.07) is -0.873. The summed E-state index contributed by atoms with van der Waals surface area (Å²) in [4.78, 5) is 23.3. The highest BCUT2D eigenvalue weighted by molar-refractivity contribution is 7.47. The second kappa shape index (κ2) is 56.9. The Labute approximate surface area is 470 Å². The summed E-state index contributed by atoms with van der Waals surface area (Å²) in [6.07, 6.45) is 83.5. The van der Waals surface area contributed by atoms with Gasteiger partial charge in [0, 0.05) is 6.42 Å². The third-order valence-electron chi connectivity index (χ3n) is 13.5. The Bertz CT molecular complexity index is 1600. The fourth-order valence-corrected chi connectivity index (χ4v) is 9.36. The largest absolute Gasteiger partial charge is 0.472 e. The number of unbranched alkanes of at least 4 members (excludes halogenated alkanes) is 27. The number of aliphatic hydroxyl groups excluding tert-OH is 1. The third-order valence-corrected chi connectivity index (χ3v) is 14.5. The van der Waals surface area contributed by atoms with Crippen LogP contribution in [0.1, 0.15) is 258 Å². The molecule has 438 valence electrons. The number of aliphatic hydroxyl groups is 1. The molecule has 3 N–H and O–H groups in total. The van der Waals surface area contributed by atoms with E-state index >= 15 is 0 Å². The van der Waals surface area contributed by atoms with Gasteiger partial charge in [0.1, 0.15) is 13.2 Å². The fourth-order valence-electron chi connectivity index (χ4n) is 8.63. The summed E-state index contributed by atoms with van der Waals surface area (Å²) in [5, 5.41) is 13.9. The maximum absolute atomic E-state index is 13.0. The van der Waals surface area contributed by atoms with E-state index in [1.54, 1.807) is 6.08 Å². The lowest BCUT2D eigenvalue weighted by Crippen LogP contribution is -2.45. The van der Waals surface area contributed by atoms with Crippen molar-refractivity contribution in [2.75, 3.05) is 40.9 Å². The van der Waals surface area contributed by atoms with Crippen LogP contribution in [0.25, 0.3) is 0 Å². The van der Waals surface area contributed by atoms with Crippen LogP contribution in [0, 0.1) is 0 Å². The van der Waals surface area contributed by atoms with Gasteiger partial charge in [-0.05, 0) is 89.9 Å². The normalized spacial score (nSPS) is 14.6. The fraction of sp³-hybridized carbons (Fsp3) is 0.716. The number of amides is 1. The van der Waals surface area contributed by atoms with Gasteiger partial charge in [0.05, 0.1) is 39.9 Å². The van der Waals surface area contributed by atoms with Crippen LogP contribution in [0.4, 0.5) is 0 Å². The van der Waals surface area contributed by atoms with E-state index in [9.17, 15) is 19.4 Å². The highest BCUT2D eigenvalue weighted by atomic mass is 31.2. The van der Waals surface area contributed by atoms with E-state index in [2.05, 4.69) is 116 Å². The SMILES string of the molecule is CC/C=C\C/C=C\C/C=C\C/C=C\C/C=C\C/C=C\C/C=C\CCCCCCCCCCCCCC(=O)NC(COP(=O)(O)OCC[N+](C)(C)C)C(O)/C=C/CC/C=C/CCCCCCCCCCCCCCCCC. The molecule has 0 rings (SSSR count). The molecule has 0 radical (unpaired) electrons. The maximum Gasteiger partial charge on any atom is 0.472 e. The van der Waals surface area contributed by atoms with Crippen LogP contribution in [0.15, 0.2) is 109 Å². The van der Waals surface area contributed by atoms with Crippen LogP contribution in [-0.4, -0.2) is 73.4 Å². The molecule has 3 unspecified atom stereocenters. The first-order chi connectivity index (χ1) is 37.0. The molecule has 0 spiro atoms. The van der Waals surface area contributed by atoms with Crippen molar-refractivity contribution in [1.82, 2.24) is 5.32 Å². The molecular weight excluding hydrogens is 960 g/mol. The second-order valence-electron chi connectivity index (χ2n) is 22.0. The average molecular weight is 1080 g/mol. The summed E-state index contributed by atoms with van der Waals surface area (Å²) in [5.74, 6) is -0.193. The quantitative estimate of drug-likeness (QED) is 0.0243. The van der Waals surface area contributed by atoms with E-state index in [4.69, 9.17) is 9.05 Å². The van der Waals surface area contributed by atoms with Gasteiger partial charge in [0.25, 0.3) is 0 Å². The smallest absolute Gasteiger partial charge is 0.387 e. The molecule has 8 nitrogen and oxygen atoms in total. The molecule has 0 heterocycles. The monoisotopic (exact) mass is 1080 g/mol. The average Bonchev–Trinajstić information content (AvgIpc) is 3.38. The Morgan fingerprint density at radius 2 is 0.803 bits per heavy atom.